The van der Waals surface area contributed by atoms with Gasteiger partial charge >= 0.3 is 0 Å². The number of benzene rings is 1. The van der Waals surface area contributed by atoms with Crippen molar-refractivity contribution in [3.63, 3.8) is 0 Å². The molecular formula is C17H16N2O2. The molecule has 1 aliphatic heterocycles. The molecular weight excluding hydrogens is 264 g/mol. The van der Waals surface area contributed by atoms with E-state index in [9.17, 15) is 4.79 Å². The van der Waals surface area contributed by atoms with E-state index in [1.807, 2.05) is 53.5 Å². The summed E-state index contributed by atoms with van der Waals surface area (Å²) in [7, 11) is 0. The molecule has 1 fully saturated rings. The maximum absolute atomic E-state index is 12.7. The summed E-state index contributed by atoms with van der Waals surface area (Å²) < 4.78 is 5.31. The summed E-state index contributed by atoms with van der Waals surface area (Å²) >= 11 is 0. The summed E-state index contributed by atoms with van der Waals surface area (Å²) in [5.74, 6) is 0.903. The van der Waals surface area contributed by atoms with Crippen molar-refractivity contribution < 1.29 is 9.21 Å². The number of hydrogen-bond donors (Lipinski definition) is 1. The van der Waals surface area contributed by atoms with Gasteiger partial charge in [-0.15, -0.1) is 0 Å². The Labute approximate surface area is 123 Å². The number of nitrogens with zero attached hydrogens (tertiary/aromatic N) is 1. The van der Waals surface area contributed by atoms with Gasteiger partial charge in [0.25, 0.3) is 5.91 Å². The Kier molecular flexibility index (Phi) is 2.81. The highest BCUT2D eigenvalue weighted by atomic mass is 16.3. The Hall–Kier alpha value is -2.49. The zero-order valence-electron chi connectivity index (χ0n) is 11.5. The smallest absolute Gasteiger partial charge is 0.258 e. The number of anilines is 1. The van der Waals surface area contributed by atoms with Crippen LogP contribution in [0.3, 0.4) is 0 Å². The van der Waals surface area contributed by atoms with Crippen LogP contribution >= 0.6 is 0 Å². The Bertz CT molecular complexity index is 687. The molecule has 1 N–H and O–H groups in total. The highest BCUT2D eigenvalue weighted by Gasteiger charge is 2.40. The lowest BCUT2D eigenvalue weighted by molar-refractivity contribution is 0.0703. The molecule has 1 amide bonds. The average Bonchev–Trinajstić information content (AvgIpc) is 3.20. The first-order valence-electron chi connectivity index (χ1n) is 7.23. The first-order valence-corrected chi connectivity index (χ1v) is 7.23. The molecule has 0 radical (unpaired) electrons. The molecule has 106 valence electrons. The van der Waals surface area contributed by atoms with E-state index >= 15 is 0 Å². The summed E-state index contributed by atoms with van der Waals surface area (Å²) in [6.45, 7) is 0. The molecule has 1 aromatic heterocycles. The van der Waals surface area contributed by atoms with E-state index in [-0.39, 0.29) is 12.1 Å². The number of furan rings is 1. The van der Waals surface area contributed by atoms with Crippen molar-refractivity contribution in [1.82, 2.24) is 4.90 Å². The lowest BCUT2D eigenvalue weighted by Gasteiger charge is -2.36. The third kappa shape index (κ3) is 2.23. The molecule has 4 heteroatoms. The van der Waals surface area contributed by atoms with Crippen LogP contribution in [0.1, 0.15) is 29.0 Å². The largest absolute Gasteiger partial charge is 0.465 e. The maximum atomic E-state index is 12.7. The van der Waals surface area contributed by atoms with E-state index in [0.717, 1.165) is 29.9 Å². The van der Waals surface area contributed by atoms with Crippen LogP contribution in [0.4, 0.5) is 5.69 Å². The molecule has 21 heavy (non-hydrogen) atoms. The summed E-state index contributed by atoms with van der Waals surface area (Å²) in [5.41, 5.74) is 1.65. The third-order valence-electron chi connectivity index (χ3n) is 3.92. The van der Waals surface area contributed by atoms with Crippen LogP contribution in [0.15, 0.2) is 53.2 Å². The topological polar surface area (TPSA) is 45.5 Å². The van der Waals surface area contributed by atoms with Crippen molar-refractivity contribution in [1.29, 1.82) is 0 Å². The van der Waals surface area contributed by atoms with Crippen LogP contribution in [-0.4, -0.2) is 23.0 Å². The Morgan fingerprint density at radius 3 is 2.81 bits per heavy atom. The normalized spacial score (nSPS) is 21.4. The minimum absolute atomic E-state index is 0.112. The number of nitrogens with one attached hydrogen (secondary N) is 1. The quantitative estimate of drug-likeness (QED) is 0.937. The zero-order valence-corrected chi connectivity index (χ0v) is 11.5. The molecule has 2 aromatic rings. The van der Waals surface area contributed by atoms with Gasteiger partial charge in [0.05, 0.1) is 11.8 Å². The number of rotatable bonds is 3. The highest BCUT2D eigenvalue weighted by Crippen LogP contribution is 2.35. The van der Waals surface area contributed by atoms with Gasteiger partial charge in [-0.2, -0.15) is 0 Å². The maximum Gasteiger partial charge on any atom is 0.258 e. The minimum atomic E-state index is -0.120. The van der Waals surface area contributed by atoms with Crippen LogP contribution in [0.2, 0.25) is 0 Å². The van der Waals surface area contributed by atoms with E-state index in [1.54, 1.807) is 6.26 Å². The van der Waals surface area contributed by atoms with Crippen LogP contribution in [0.5, 0.6) is 0 Å². The standard InChI is InChI=1S/C17H16N2O2/c20-17-14-5-1-2-6-15(14)18-16(19(17)12-7-8-12)10-9-13-4-3-11-21-13/h1-6,9-12,16,18H,7-8H2/b10-9+/t16-/m0/s1. The first-order chi connectivity index (χ1) is 10.3. The van der Waals surface area contributed by atoms with Gasteiger partial charge in [-0.05, 0) is 49.3 Å². The van der Waals surface area contributed by atoms with E-state index < -0.39 is 0 Å². The van der Waals surface area contributed by atoms with Crippen LogP contribution in [0, 0.1) is 0 Å². The SMILES string of the molecule is O=C1c2ccccc2N[C@H](/C=C/c2ccco2)N1C1CC1. The molecule has 4 rings (SSSR count). The fourth-order valence-electron chi connectivity index (χ4n) is 2.75. The molecule has 2 heterocycles. The van der Waals surface area contributed by atoms with Crippen LogP contribution < -0.4 is 5.32 Å². The summed E-state index contributed by atoms with van der Waals surface area (Å²) in [5, 5.41) is 3.44. The van der Waals surface area contributed by atoms with Gasteiger partial charge in [0, 0.05) is 11.7 Å². The van der Waals surface area contributed by atoms with Crippen molar-refractivity contribution >= 4 is 17.7 Å². The predicted molar refractivity (Wildman–Crippen MR) is 80.8 cm³/mol. The monoisotopic (exact) mass is 280 g/mol. The van der Waals surface area contributed by atoms with E-state index in [2.05, 4.69) is 5.32 Å². The summed E-state index contributed by atoms with van der Waals surface area (Å²) in [6.07, 6.45) is 7.60. The van der Waals surface area contributed by atoms with Gasteiger partial charge in [-0.3, -0.25) is 4.79 Å². The number of carbonyl (C=O) groups is 1. The molecule has 2 aliphatic rings. The van der Waals surface area contributed by atoms with Crippen molar-refractivity contribution in [2.24, 2.45) is 0 Å². The second-order valence-electron chi connectivity index (χ2n) is 5.45. The number of amides is 1. The van der Waals surface area contributed by atoms with Crippen molar-refractivity contribution in [3.8, 4) is 0 Å². The molecule has 1 saturated carbocycles. The first kappa shape index (κ1) is 12.3. The van der Waals surface area contributed by atoms with E-state index in [4.69, 9.17) is 4.42 Å². The van der Waals surface area contributed by atoms with Crippen molar-refractivity contribution in [3.05, 3.63) is 60.1 Å². The predicted octanol–water partition coefficient (Wildman–Crippen LogP) is 3.35. The lowest BCUT2D eigenvalue weighted by atomic mass is 10.1. The minimum Gasteiger partial charge on any atom is -0.465 e. The van der Waals surface area contributed by atoms with Gasteiger partial charge in [0.2, 0.25) is 0 Å². The van der Waals surface area contributed by atoms with Gasteiger partial charge in [0.15, 0.2) is 0 Å². The molecule has 1 atom stereocenters. The molecule has 0 spiro atoms. The molecule has 0 unspecified atom stereocenters. The van der Waals surface area contributed by atoms with Gasteiger partial charge in [-0.1, -0.05) is 12.1 Å². The molecule has 0 bridgehead atoms. The molecule has 1 aromatic carbocycles. The van der Waals surface area contributed by atoms with Gasteiger partial charge < -0.3 is 14.6 Å². The second-order valence-corrected chi connectivity index (χ2v) is 5.45. The number of carbonyl (C=O) groups excluding carboxylic acids is 1. The van der Waals surface area contributed by atoms with Gasteiger partial charge in [-0.25, -0.2) is 0 Å². The number of hydrogen-bond acceptors (Lipinski definition) is 3. The fourth-order valence-corrected chi connectivity index (χ4v) is 2.75. The van der Waals surface area contributed by atoms with E-state index in [1.165, 1.54) is 0 Å². The number of fused-ring (bicyclic) bond motifs is 1. The molecule has 1 aliphatic carbocycles. The van der Waals surface area contributed by atoms with Crippen molar-refractivity contribution in [2.75, 3.05) is 5.32 Å². The van der Waals surface area contributed by atoms with Crippen molar-refractivity contribution in [2.45, 2.75) is 25.0 Å². The Balaban J connectivity index is 1.67. The Morgan fingerprint density at radius 1 is 1.19 bits per heavy atom. The Morgan fingerprint density at radius 2 is 2.05 bits per heavy atom. The molecule has 0 saturated heterocycles. The second kappa shape index (κ2) is 4.81. The average molecular weight is 280 g/mol. The van der Waals surface area contributed by atoms with Crippen LogP contribution in [0.25, 0.3) is 6.08 Å². The summed E-state index contributed by atoms with van der Waals surface area (Å²) in [6, 6.07) is 11.8. The van der Waals surface area contributed by atoms with E-state index in [0.29, 0.717) is 6.04 Å². The highest BCUT2D eigenvalue weighted by molar-refractivity contribution is 6.02. The summed E-state index contributed by atoms with van der Waals surface area (Å²) in [4.78, 5) is 14.6. The van der Waals surface area contributed by atoms with Gasteiger partial charge in [0.1, 0.15) is 11.9 Å². The lowest BCUT2D eigenvalue weighted by Crippen LogP contribution is -2.48. The number of para-hydroxylation sites is 1. The van der Waals surface area contributed by atoms with Crippen LogP contribution in [-0.2, 0) is 0 Å². The zero-order chi connectivity index (χ0) is 14.2. The fraction of sp³-hybridized carbons (Fsp3) is 0.235. The third-order valence-corrected chi connectivity index (χ3v) is 3.92. The molecule has 4 nitrogen and oxygen atoms in total.